The molecule has 1 heterocycles. The molecule has 0 spiro atoms. The first kappa shape index (κ1) is 22.5. The van der Waals surface area contributed by atoms with Gasteiger partial charge < -0.3 is 15.0 Å². The third kappa shape index (κ3) is 3.94. The van der Waals surface area contributed by atoms with Gasteiger partial charge in [0, 0.05) is 29.4 Å². The fourth-order valence-electron chi connectivity index (χ4n) is 4.36. The second kappa shape index (κ2) is 8.17. The summed E-state index contributed by atoms with van der Waals surface area (Å²) in [6.07, 6.45) is 1.27. The molecule has 1 fully saturated rings. The fraction of sp³-hybridized carbons (Fsp3) is 0.435. The zero-order chi connectivity index (χ0) is 23.0. The number of hydrogen-bond donors (Lipinski definition) is 1. The van der Waals surface area contributed by atoms with E-state index in [1.165, 1.54) is 4.90 Å². The quantitative estimate of drug-likeness (QED) is 0.591. The Morgan fingerprint density at radius 1 is 1.29 bits per heavy atom. The number of carbonyl (C=O) groups is 1. The second-order valence-corrected chi connectivity index (χ2v) is 9.65. The van der Waals surface area contributed by atoms with Gasteiger partial charge in [-0.1, -0.05) is 34.1 Å². The average Bonchev–Trinajstić information content (AvgIpc) is 2.71. The van der Waals surface area contributed by atoms with Crippen LogP contribution < -0.4 is 0 Å². The number of halogens is 1. The topological polar surface area (TPSA) is 125 Å². The van der Waals surface area contributed by atoms with Crippen molar-refractivity contribution < 1.29 is 9.53 Å². The highest BCUT2D eigenvalue weighted by molar-refractivity contribution is 9.10. The molecular formula is C23H22BrN5O2. The fourth-order valence-corrected chi connectivity index (χ4v) is 4.78. The van der Waals surface area contributed by atoms with E-state index in [9.17, 15) is 20.6 Å². The molecule has 2 aliphatic rings. The maximum Gasteiger partial charge on any atom is 0.410 e. The number of ether oxygens (including phenoxy) is 1. The number of nitriles is 3. The van der Waals surface area contributed by atoms with Crippen molar-refractivity contribution in [3.8, 4) is 18.2 Å². The second-order valence-electron chi connectivity index (χ2n) is 8.74. The number of amides is 1. The minimum Gasteiger partial charge on any atom is -0.444 e. The summed E-state index contributed by atoms with van der Waals surface area (Å²) < 4.78 is 6.28. The van der Waals surface area contributed by atoms with Crippen molar-refractivity contribution in [1.82, 2.24) is 4.90 Å². The van der Waals surface area contributed by atoms with Gasteiger partial charge in [-0.05, 0) is 44.0 Å². The van der Waals surface area contributed by atoms with Crippen LogP contribution in [0.4, 0.5) is 4.79 Å². The van der Waals surface area contributed by atoms with Crippen LogP contribution >= 0.6 is 15.9 Å². The third-order valence-corrected chi connectivity index (χ3v) is 6.14. The number of nitrogens with zero attached hydrogens (tertiary/aromatic N) is 4. The maximum absolute atomic E-state index is 12.7. The van der Waals surface area contributed by atoms with Gasteiger partial charge in [0.25, 0.3) is 0 Å². The molecule has 1 amide bonds. The molecule has 31 heavy (non-hydrogen) atoms. The minimum atomic E-state index is -1.82. The lowest BCUT2D eigenvalue weighted by molar-refractivity contribution is 0.0222. The van der Waals surface area contributed by atoms with Gasteiger partial charge in [0.15, 0.2) is 5.41 Å². The number of benzene rings is 1. The number of carbonyl (C=O) groups excluding carboxylic acids is 1. The van der Waals surface area contributed by atoms with E-state index in [0.29, 0.717) is 11.1 Å². The molecule has 1 saturated carbocycles. The van der Waals surface area contributed by atoms with Crippen LogP contribution in [0.15, 0.2) is 40.4 Å². The molecule has 0 saturated heterocycles. The van der Waals surface area contributed by atoms with Gasteiger partial charge in [-0.2, -0.15) is 15.8 Å². The largest absolute Gasteiger partial charge is 0.444 e. The highest BCUT2D eigenvalue weighted by Crippen LogP contribution is 2.53. The van der Waals surface area contributed by atoms with Crippen LogP contribution in [-0.2, 0) is 4.74 Å². The predicted molar refractivity (Wildman–Crippen MR) is 117 cm³/mol. The van der Waals surface area contributed by atoms with Crippen molar-refractivity contribution in [3.05, 3.63) is 46.0 Å². The van der Waals surface area contributed by atoms with Crippen LogP contribution in [0.3, 0.4) is 0 Å². The number of nitrogens with one attached hydrogen (secondary N) is 1. The van der Waals surface area contributed by atoms with Crippen LogP contribution in [0.2, 0.25) is 0 Å². The van der Waals surface area contributed by atoms with Crippen molar-refractivity contribution in [1.29, 1.82) is 21.2 Å². The molecule has 1 aromatic carbocycles. The van der Waals surface area contributed by atoms with Gasteiger partial charge >= 0.3 is 6.09 Å². The van der Waals surface area contributed by atoms with E-state index in [0.717, 1.165) is 4.47 Å². The Balaban J connectivity index is 2.16. The van der Waals surface area contributed by atoms with E-state index < -0.39 is 34.9 Å². The molecule has 158 valence electrons. The molecule has 0 radical (unpaired) electrons. The van der Waals surface area contributed by atoms with Crippen molar-refractivity contribution in [2.75, 3.05) is 13.1 Å². The summed E-state index contributed by atoms with van der Waals surface area (Å²) in [5.74, 6) is -2.17. The van der Waals surface area contributed by atoms with Crippen LogP contribution in [0.5, 0.6) is 0 Å². The molecule has 3 atom stereocenters. The normalized spacial score (nSPS) is 24.7. The van der Waals surface area contributed by atoms with Crippen LogP contribution in [0, 0.1) is 56.7 Å². The number of rotatable bonds is 1. The molecule has 3 unspecified atom stereocenters. The van der Waals surface area contributed by atoms with Crippen LogP contribution in [-0.4, -0.2) is 35.4 Å². The van der Waals surface area contributed by atoms with Crippen molar-refractivity contribution in [2.45, 2.75) is 32.3 Å². The van der Waals surface area contributed by atoms with E-state index >= 15 is 0 Å². The Bertz CT molecular complexity index is 1070. The van der Waals surface area contributed by atoms with Crippen LogP contribution in [0.25, 0.3) is 0 Å². The Hall–Kier alpha value is -3.15. The lowest BCUT2D eigenvalue weighted by Gasteiger charge is -2.47. The van der Waals surface area contributed by atoms with Crippen LogP contribution in [0.1, 0.15) is 32.3 Å². The number of hydrogen-bond acceptors (Lipinski definition) is 6. The van der Waals surface area contributed by atoms with Crippen molar-refractivity contribution >= 4 is 27.7 Å². The first-order valence-electron chi connectivity index (χ1n) is 9.82. The van der Waals surface area contributed by atoms with E-state index in [1.54, 1.807) is 32.9 Å². The minimum absolute atomic E-state index is 0.189. The van der Waals surface area contributed by atoms with E-state index in [2.05, 4.69) is 34.1 Å². The molecule has 7 nitrogen and oxygen atoms in total. The summed E-state index contributed by atoms with van der Waals surface area (Å²) in [6, 6.07) is 13.5. The predicted octanol–water partition coefficient (Wildman–Crippen LogP) is 4.53. The average molecular weight is 480 g/mol. The first-order valence-corrected chi connectivity index (χ1v) is 10.6. The molecule has 0 aromatic heterocycles. The Kier molecular flexibility index (Phi) is 5.94. The Morgan fingerprint density at radius 2 is 1.97 bits per heavy atom. The molecule has 3 rings (SSSR count). The molecular weight excluding hydrogens is 458 g/mol. The third-order valence-electron chi connectivity index (χ3n) is 5.65. The zero-order valence-corrected chi connectivity index (χ0v) is 19.1. The van der Waals surface area contributed by atoms with Gasteiger partial charge in [-0.25, -0.2) is 4.79 Å². The smallest absolute Gasteiger partial charge is 0.410 e. The monoisotopic (exact) mass is 479 g/mol. The van der Waals surface area contributed by atoms with Gasteiger partial charge in [-0.3, -0.25) is 0 Å². The molecule has 1 aromatic rings. The van der Waals surface area contributed by atoms with Gasteiger partial charge in [0.2, 0.25) is 0 Å². The highest BCUT2D eigenvalue weighted by atomic mass is 79.9. The first-order chi connectivity index (χ1) is 14.6. The lowest BCUT2D eigenvalue weighted by Crippen LogP contribution is -2.54. The van der Waals surface area contributed by atoms with Crippen molar-refractivity contribution in [3.63, 3.8) is 0 Å². The summed E-state index contributed by atoms with van der Waals surface area (Å²) in [5, 5.41) is 38.6. The SMILES string of the molecule is CC(C)(C)OC(=O)N1CC=C2C(C#N)C(=N)C(C#N)(C#N)C(c3cccc(Br)c3)C2C1. The number of fused-ring (bicyclic) bond motifs is 1. The van der Waals surface area contributed by atoms with E-state index in [-0.39, 0.29) is 18.8 Å². The summed E-state index contributed by atoms with van der Waals surface area (Å²) in [6.45, 7) is 5.78. The summed E-state index contributed by atoms with van der Waals surface area (Å²) in [5.41, 5.74) is -1.32. The van der Waals surface area contributed by atoms with E-state index in [1.807, 2.05) is 18.2 Å². The molecule has 8 heteroatoms. The van der Waals surface area contributed by atoms with Gasteiger partial charge in [0.05, 0.1) is 23.9 Å². The van der Waals surface area contributed by atoms with Crippen molar-refractivity contribution in [2.24, 2.45) is 17.3 Å². The summed E-state index contributed by atoms with van der Waals surface area (Å²) in [4.78, 5) is 14.3. The summed E-state index contributed by atoms with van der Waals surface area (Å²) in [7, 11) is 0. The summed E-state index contributed by atoms with van der Waals surface area (Å²) >= 11 is 3.44. The molecule has 1 aliphatic heterocycles. The molecule has 1 N–H and O–H groups in total. The lowest BCUT2D eigenvalue weighted by atomic mass is 9.54. The standard InChI is InChI=1S/C23H22BrN5O2/c1-22(2,3)31-21(30)29-8-7-16-17(10-25)20(28)23(12-26,13-27)19(18(16)11-29)14-5-4-6-15(24)9-14/h4-7,9,17-19,28H,8,11H2,1-3H3. The van der Waals surface area contributed by atoms with E-state index in [4.69, 9.17) is 10.1 Å². The zero-order valence-electron chi connectivity index (χ0n) is 17.5. The molecule has 0 bridgehead atoms. The highest BCUT2D eigenvalue weighted by Gasteiger charge is 2.58. The Morgan fingerprint density at radius 3 is 2.52 bits per heavy atom. The Labute approximate surface area is 190 Å². The van der Waals surface area contributed by atoms with Gasteiger partial charge in [-0.15, -0.1) is 0 Å². The maximum atomic E-state index is 12.7. The molecule has 1 aliphatic carbocycles. The van der Waals surface area contributed by atoms with Gasteiger partial charge in [0.1, 0.15) is 11.5 Å².